The molecule has 1 heterocycles. The van der Waals surface area contributed by atoms with Crippen molar-refractivity contribution in [3.8, 4) is 0 Å². The van der Waals surface area contributed by atoms with E-state index in [1.165, 1.54) is 0 Å². The second kappa shape index (κ2) is 5.68. The number of nitrogens with two attached hydrogens (primary N) is 1. The van der Waals surface area contributed by atoms with Gasteiger partial charge in [-0.2, -0.15) is 4.31 Å². The molecule has 3 rings (SSSR count). The van der Waals surface area contributed by atoms with Crippen LogP contribution in [0.15, 0.2) is 23.1 Å². The molecule has 2 aliphatic rings. The summed E-state index contributed by atoms with van der Waals surface area (Å²) < 4.78 is 33.5. The lowest BCUT2D eigenvalue weighted by molar-refractivity contribution is -0.0241. The van der Waals surface area contributed by atoms with Crippen LogP contribution in [0.2, 0.25) is 0 Å². The number of hydrogen-bond acceptors (Lipinski definition) is 4. The zero-order valence-electron chi connectivity index (χ0n) is 12.3. The quantitative estimate of drug-likeness (QED) is 0.916. The summed E-state index contributed by atoms with van der Waals surface area (Å²) in [5.74, 6) is 0. The van der Waals surface area contributed by atoms with E-state index in [4.69, 9.17) is 10.5 Å². The predicted molar refractivity (Wildman–Crippen MR) is 80.3 cm³/mol. The third kappa shape index (κ3) is 2.61. The van der Waals surface area contributed by atoms with Gasteiger partial charge in [0.25, 0.3) is 0 Å². The van der Waals surface area contributed by atoms with Gasteiger partial charge in [0.1, 0.15) is 0 Å². The van der Waals surface area contributed by atoms with Gasteiger partial charge in [-0.15, -0.1) is 0 Å². The van der Waals surface area contributed by atoms with Crippen LogP contribution in [0, 0.1) is 6.92 Å². The number of fused-ring (bicyclic) bond motifs is 1. The molecule has 1 saturated heterocycles. The Bertz CT molecular complexity index is 630. The Morgan fingerprint density at radius 1 is 1.38 bits per heavy atom. The number of rotatable bonds is 3. The van der Waals surface area contributed by atoms with E-state index in [0.29, 0.717) is 24.6 Å². The maximum atomic E-state index is 13.0. The molecule has 1 aromatic rings. The van der Waals surface area contributed by atoms with Gasteiger partial charge < -0.3 is 10.5 Å². The first kappa shape index (κ1) is 15.0. The van der Waals surface area contributed by atoms with Gasteiger partial charge in [0.05, 0.1) is 23.6 Å². The molecule has 1 aromatic carbocycles. The average Bonchev–Trinajstić information content (AvgIpc) is 2.95. The second-order valence-electron chi connectivity index (χ2n) is 5.83. The summed E-state index contributed by atoms with van der Waals surface area (Å²) in [5, 5.41) is 0. The van der Waals surface area contributed by atoms with Gasteiger partial charge in [-0.1, -0.05) is 12.1 Å². The van der Waals surface area contributed by atoms with E-state index in [2.05, 4.69) is 0 Å². The fraction of sp³-hybridized carbons (Fsp3) is 0.600. The van der Waals surface area contributed by atoms with Crippen molar-refractivity contribution in [3.05, 3.63) is 29.3 Å². The molecular formula is C15H22N2O3S. The SMILES string of the molecule is Cc1ccc(CN)cc1S(=O)(=O)N1CCOC2CCCC21. The van der Waals surface area contributed by atoms with Crippen molar-refractivity contribution in [2.45, 2.75) is 49.8 Å². The second-order valence-corrected chi connectivity index (χ2v) is 7.69. The van der Waals surface area contributed by atoms with Crippen LogP contribution in [0.4, 0.5) is 0 Å². The van der Waals surface area contributed by atoms with Crippen molar-refractivity contribution in [2.24, 2.45) is 5.73 Å². The molecule has 116 valence electrons. The number of nitrogens with zero attached hydrogens (tertiary/aromatic N) is 1. The van der Waals surface area contributed by atoms with Gasteiger partial charge >= 0.3 is 0 Å². The van der Waals surface area contributed by atoms with Crippen LogP contribution < -0.4 is 5.73 Å². The molecule has 0 radical (unpaired) electrons. The van der Waals surface area contributed by atoms with E-state index >= 15 is 0 Å². The highest BCUT2D eigenvalue weighted by atomic mass is 32.2. The third-order valence-corrected chi connectivity index (χ3v) is 6.57. The molecule has 1 aliphatic heterocycles. The topological polar surface area (TPSA) is 72.6 Å². The Morgan fingerprint density at radius 3 is 2.95 bits per heavy atom. The molecule has 1 aliphatic carbocycles. The van der Waals surface area contributed by atoms with Crippen LogP contribution in [0.25, 0.3) is 0 Å². The maximum Gasteiger partial charge on any atom is 0.243 e. The molecule has 2 unspecified atom stereocenters. The van der Waals surface area contributed by atoms with E-state index in [1.54, 1.807) is 10.4 Å². The van der Waals surface area contributed by atoms with Gasteiger partial charge in [0, 0.05) is 13.1 Å². The Balaban J connectivity index is 2.00. The molecule has 0 aromatic heterocycles. The summed E-state index contributed by atoms with van der Waals surface area (Å²) in [5.41, 5.74) is 7.26. The number of benzene rings is 1. The van der Waals surface area contributed by atoms with Crippen LogP contribution in [-0.2, 0) is 21.3 Å². The Hall–Kier alpha value is -0.950. The lowest BCUT2D eigenvalue weighted by Crippen LogP contribution is -2.51. The van der Waals surface area contributed by atoms with Gasteiger partial charge in [-0.05, 0) is 43.4 Å². The van der Waals surface area contributed by atoms with E-state index in [0.717, 1.165) is 30.4 Å². The minimum atomic E-state index is -3.48. The molecule has 2 fully saturated rings. The lowest BCUT2D eigenvalue weighted by atomic mass is 10.1. The van der Waals surface area contributed by atoms with E-state index in [9.17, 15) is 8.42 Å². The number of hydrogen-bond donors (Lipinski definition) is 1. The summed E-state index contributed by atoms with van der Waals surface area (Å²) in [6, 6.07) is 5.42. The molecule has 0 amide bonds. The Kier molecular flexibility index (Phi) is 4.05. The van der Waals surface area contributed by atoms with Gasteiger partial charge in [0.2, 0.25) is 10.0 Å². The largest absolute Gasteiger partial charge is 0.375 e. The molecule has 0 spiro atoms. The normalized spacial score (nSPS) is 26.8. The molecule has 5 nitrogen and oxygen atoms in total. The van der Waals surface area contributed by atoms with E-state index < -0.39 is 10.0 Å². The van der Waals surface area contributed by atoms with Gasteiger partial charge in [-0.3, -0.25) is 0 Å². The standard InChI is InChI=1S/C15H22N2O3S/c1-11-5-6-12(10-16)9-15(11)21(18,19)17-7-8-20-14-4-2-3-13(14)17/h5-6,9,13-14H,2-4,7-8,10,16H2,1H3. The molecule has 1 saturated carbocycles. The van der Waals surface area contributed by atoms with Crippen molar-refractivity contribution in [1.29, 1.82) is 0 Å². The van der Waals surface area contributed by atoms with Crippen molar-refractivity contribution in [3.63, 3.8) is 0 Å². The maximum absolute atomic E-state index is 13.0. The van der Waals surface area contributed by atoms with Crippen molar-refractivity contribution < 1.29 is 13.2 Å². The number of aryl methyl sites for hydroxylation is 1. The number of ether oxygens (including phenoxy) is 1. The smallest absolute Gasteiger partial charge is 0.243 e. The van der Waals surface area contributed by atoms with Crippen molar-refractivity contribution in [1.82, 2.24) is 4.31 Å². The zero-order valence-corrected chi connectivity index (χ0v) is 13.1. The first-order valence-corrected chi connectivity index (χ1v) is 8.91. The van der Waals surface area contributed by atoms with Crippen LogP contribution in [0.1, 0.15) is 30.4 Å². The predicted octanol–water partition coefficient (Wildman–Crippen LogP) is 1.40. The highest BCUT2D eigenvalue weighted by Crippen LogP contribution is 2.34. The Labute approximate surface area is 126 Å². The highest BCUT2D eigenvalue weighted by molar-refractivity contribution is 7.89. The van der Waals surface area contributed by atoms with E-state index in [1.807, 2.05) is 19.1 Å². The van der Waals surface area contributed by atoms with Gasteiger partial charge in [-0.25, -0.2) is 8.42 Å². The summed E-state index contributed by atoms with van der Waals surface area (Å²) >= 11 is 0. The highest BCUT2D eigenvalue weighted by Gasteiger charge is 2.42. The third-order valence-electron chi connectivity index (χ3n) is 4.51. The minimum absolute atomic E-state index is 0.00955. The van der Waals surface area contributed by atoms with Crippen LogP contribution in [-0.4, -0.2) is 38.0 Å². The number of morpholine rings is 1. The van der Waals surface area contributed by atoms with Crippen LogP contribution in [0.5, 0.6) is 0 Å². The average molecular weight is 310 g/mol. The zero-order chi connectivity index (χ0) is 15.0. The summed E-state index contributed by atoms with van der Waals surface area (Å²) in [7, 11) is -3.48. The lowest BCUT2D eigenvalue weighted by Gasteiger charge is -2.36. The first-order valence-electron chi connectivity index (χ1n) is 7.47. The van der Waals surface area contributed by atoms with Crippen molar-refractivity contribution >= 4 is 10.0 Å². The van der Waals surface area contributed by atoms with Crippen LogP contribution in [0.3, 0.4) is 0 Å². The van der Waals surface area contributed by atoms with Crippen molar-refractivity contribution in [2.75, 3.05) is 13.2 Å². The summed E-state index contributed by atoms with van der Waals surface area (Å²) in [6.07, 6.45) is 2.94. The van der Waals surface area contributed by atoms with E-state index in [-0.39, 0.29) is 12.1 Å². The monoisotopic (exact) mass is 310 g/mol. The molecule has 2 N–H and O–H groups in total. The fourth-order valence-electron chi connectivity index (χ4n) is 3.36. The molecule has 2 atom stereocenters. The molecule has 6 heteroatoms. The Morgan fingerprint density at radius 2 is 2.19 bits per heavy atom. The first-order chi connectivity index (χ1) is 10.0. The summed E-state index contributed by atoms with van der Waals surface area (Å²) in [6.45, 7) is 3.10. The van der Waals surface area contributed by atoms with Crippen LogP contribution >= 0.6 is 0 Å². The minimum Gasteiger partial charge on any atom is -0.375 e. The molecule has 0 bridgehead atoms. The molecular weight excluding hydrogens is 288 g/mol. The van der Waals surface area contributed by atoms with Gasteiger partial charge in [0.15, 0.2) is 0 Å². The number of sulfonamides is 1. The summed E-state index contributed by atoms with van der Waals surface area (Å²) in [4.78, 5) is 0.387. The molecule has 21 heavy (non-hydrogen) atoms. The fourth-order valence-corrected chi connectivity index (χ4v) is 5.30.